The smallest absolute Gasteiger partial charge is 0.138 e. The third-order valence-corrected chi connectivity index (χ3v) is 12.4. The van der Waals surface area contributed by atoms with Crippen LogP contribution in [0.5, 0.6) is 0 Å². The van der Waals surface area contributed by atoms with Gasteiger partial charge in [0.15, 0.2) is 0 Å². The Kier molecular flexibility index (Phi) is 6.35. The second kappa shape index (κ2) is 10.9. The normalized spacial score (nSPS) is 21.3. The summed E-state index contributed by atoms with van der Waals surface area (Å²) in [7, 11) is 0. The zero-order chi connectivity index (χ0) is 32.7. The van der Waals surface area contributed by atoms with Gasteiger partial charge in [0.25, 0.3) is 0 Å². The predicted molar refractivity (Wildman–Crippen MR) is 208 cm³/mol. The summed E-state index contributed by atoms with van der Waals surface area (Å²) in [6, 6.07) is 38.8. The molecule has 234 valence electrons. The molecule has 6 aromatic carbocycles. The first-order chi connectivity index (χ1) is 24.1. The molecule has 0 saturated carbocycles. The Morgan fingerprint density at radius 3 is 2.16 bits per heavy atom. The molecule has 0 bridgehead atoms. The van der Waals surface area contributed by atoms with Crippen LogP contribution < -0.4 is 0 Å². The molecule has 1 aromatic heterocycles. The van der Waals surface area contributed by atoms with Crippen LogP contribution in [0.15, 0.2) is 163 Å². The number of halogens is 1. The molecular weight excluding hydrogens is 616 g/mol. The maximum atomic E-state index is 15.7. The third kappa shape index (κ3) is 4.14. The van der Waals surface area contributed by atoms with Crippen molar-refractivity contribution in [1.29, 1.82) is 0 Å². The number of benzene rings is 6. The Morgan fingerprint density at radius 2 is 1.39 bits per heavy atom. The monoisotopic (exact) mass is 648 g/mol. The van der Waals surface area contributed by atoms with Gasteiger partial charge in [0, 0.05) is 48.2 Å². The molecule has 3 atom stereocenters. The van der Waals surface area contributed by atoms with E-state index in [2.05, 4.69) is 128 Å². The maximum Gasteiger partial charge on any atom is 0.138 e. The van der Waals surface area contributed by atoms with Gasteiger partial charge in [-0.05, 0) is 74.4 Å². The van der Waals surface area contributed by atoms with Crippen LogP contribution in [0.1, 0.15) is 30.0 Å². The highest BCUT2D eigenvalue weighted by Crippen LogP contribution is 2.55. The van der Waals surface area contributed by atoms with E-state index < -0.39 is 0 Å². The minimum absolute atomic E-state index is 0.150. The van der Waals surface area contributed by atoms with Crippen LogP contribution in [-0.2, 0) is 5.41 Å². The molecular formula is C47H33FS. The Morgan fingerprint density at radius 1 is 0.653 bits per heavy atom. The van der Waals surface area contributed by atoms with Crippen molar-refractivity contribution in [2.75, 3.05) is 0 Å². The molecule has 0 saturated heterocycles. The van der Waals surface area contributed by atoms with Crippen molar-refractivity contribution in [3.05, 3.63) is 186 Å². The van der Waals surface area contributed by atoms with E-state index >= 15 is 4.39 Å². The van der Waals surface area contributed by atoms with Gasteiger partial charge >= 0.3 is 0 Å². The van der Waals surface area contributed by atoms with Gasteiger partial charge in [-0.2, -0.15) is 0 Å². The first-order valence-corrected chi connectivity index (χ1v) is 18.0. The summed E-state index contributed by atoms with van der Waals surface area (Å²) in [4.78, 5) is 0. The number of hydrogen-bond donors (Lipinski definition) is 0. The van der Waals surface area contributed by atoms with E-state index in [9.17, 15) is 0 Å². The summed E-state index contributed by atoms with van der Waals surface area (Å²) in [6.45, 7) is 2.45. The van der Waals surface area contributed by atoms with Crippen molar-refractivity contribution in [1.82, 2.24) is 0 Å². The van der Waals surface area contributed by atoms with Crippen molar-refractivity contribution in [2.45, 2.75) is 18.8 Å². The summed E-state index contributed by atoms with van der Waals surface area (Å²) < 4.78 is 18.3. The minimum atomic E-state index is -0.230. The second-order valence-corrected chi connectivity index (χ2v) is 14.9. The molecule has 0 aliphatic heterocycles. The zero-order valence-corrected chi connectivity index (χ0v) is 28.0. The van der Waals surface area contributed by atoms with E-state index in [1.165, 1.54) is 48.0 Å². The van der Waals surface area contributed by atoms with Gasteiger partial charge < -0.3 is 0 Å². The van der Waals surface area contributed by atoms with Crippen LogP contribution in [0.2, 0.25) is 0 Å². The number of hydrogen-bond acceptors (Lipinski definition) is 1. The molecule has 7 aromatic rings. The molecule has 0 fully saturated rings. The lowest BCUT2D eigenvalue weighted by molar-refractivity contribution is 0.459. The largest absolute Gasteiger partial charge is 0.206 e. The third-order valence-electron chi connectivity index (χ3n) is 11.3. The first-order valence-electron chi connectivity index (χ1n) is 17.2. The summed E-state index contributed by atoms with van der Waals surface area (Å²) in [5.74, 6) is 0.460. The first kappa shape index (κ1) is 28.7. The summed E-state index contributed by atoms with van der Waals surface area (Å²) >= 11 is 1.87. The van der Waals surface area contributed by atoms with Crippen LogP contribution >= 0.6 is 11.3 Å². The van der Waals surface area contributed by atoms with E-state index in [0.29, 0.717) is 16.7 Å². The van der Waals surface area contributed by atoms with Crippen LogP contribution in [-0.4, -0.2) is 0 Å². The maximum absolute atomic E-state index is 15.7. The highest BCUT2D eigenvalue weighted by atomic mass is 32.1. The molecule has 10 rings (SSSR count). The lowest BCUT2D eigenvalue weighted by Gasteiger charge is -2.46. The molecule has 0 nitrogen and oxygen atoms in total. The van der Waals surface area contributed by atoms with Crippen molar-refractivity contribution in [3.8, 4) is 11.1 Å². The number of thiophene rings is 1. The van der Waals surface area contributed by atoms with Crippen LogP contribution in [0.3, 0.4) is 0 Å². The number of allylic oxidation sites excluding steroid dienone is 10. The van der Waals surface area contributed by atoms with Crippen molar-refractivity contribution in [3.63, 3.8) is 0 Å². The van der Waals surface area contributed by atoms with Crippen molar-refractivity contribution >= 4 is 58.6 Å². The van der Waals surface area contributed by atoms with E-state index in [0.717, 1.165) is 28.3 Å². The van der Waals surface area contributed by atoms with Crippen molar-refractivity contribution < 1.29 is 4.39 Å². The standard InChI is InChI=1S/C47H33FS/c1-47(40-21-11-9-19-37(40)44(29-13-3-2-4-14-29)38-20-10-12-22-41(38)47)31-24-25-32-39-27-30(23-26-42(39)49-43(32)28-31)45-33-15-5-7-17-35(33)46(48)36-18-8-6-16-34(36)45/h2-13,15-29,40H,14H2,1H3/t29-,40?,47?/m0/s1. The lowest BCUT2D eigenvalue weighted by Crippen LogP contribution is -2.38. The van der Waals surface area contributed by atoms with Crippen LogP contribution in [0.25, 0.3) is 58.4 Å². The average molecular weight is 649 g/mol. The molecule has 3 aliphatic rings. The summed E-state index contributed by atoms with van der Waals surface area (Å²) in [5.41, 5.74) is 9.00. The fourth-order valence-corrected chi connectivity index (χ4v) is 10.1. The van der Waals surface area contributed by atoms with E-state index in [4.69, 9.17) is 0 Å². The molecule has 49 heavy (non-hydrogen) atoms. The van der Waals surface area contributed by atoms with Gasteiger partial charge in [-0.25, -0.2) is 4.39 Å². The highest BCUT2D eigenvalue weighted by Gasteiger charge is 2.45. The summed E-state index contributed by atoms with van der Waals surface area (Å²) in [5, 5.41) is 5.73. The van der Waals surface area contributed by atoms with Gasteiger partial charge in [-0.1, -0.05) is 147 Å². The Hall–Kier alpha value is -5.31. The van der Waals surface area contributed by atoms with Gasteiger partial charge in [-0.15, -0.1) is 11.3 Å². The Bertz CT molecular complexity index is 2620. The highest BCUT2D eigenvalue weighted by molar-refractivity contribution is 7.25. The molecule has 0 N–H and O–H groups in total. The van der Waals surface area contributed by atoms with E-state index in [1.807, 2.05) is 47.7 Å². The molecule has 3 aliphatic carbocycles. The zero-order valence-electron chi connectivity index (χ0n) is 27.2. The molecule has 2 unspecified atom stereocenters. The van der Waals surface area contributed by atoms with Crippen LogP contribution in [0.4, 0.5) is 4.39 Å². The molecule has 0 amide bonds. The lowest BCUT2D eigenvalue weighted by atomic mass is 9.57. The number of rotatable bonds is 3. The molecule has 0 spiro atoms. The predicted octanol–water partition coefficient (Wildman–Crippen LogP) is 13.1. The van der Waals surface area contributed by atoms with Gasteiger partial charge in [-0.3, -0.25) is 0 Å². The van der Waals surface area contributed by atoms with Crippen molar-refractivity contribution in [2.24, 2.45) is 11.8 Å². The molecule has 1 heterocycles. The molecule has 2 heteroatoms. The molecule has 0 radical (unpaired) electrons. The summed E-state index contributed by atoms with van der Waals surface area (Å²) in [6.07, 6.45) is 19.3. The fraction of sp³-hybridized carbons (Fsp3) is 0.106. The second-order valence-electron chi connectivity index (χ2n) is 13.8. The Labute approximate surface area is 289 Å². The van der Waals surface area contributed by atoms with E-state index in [-0.39, 0.29) is 17.2 Å². The van der Waals surface area contributed by atoms with E-state index in [1.54, 1.807) is 0 Å². The van der Waals surface area contributed by atoms with Gasteiger partial charge in [0.05, 0.1) is 0 Å². The fourth-order valence-electron chi connectivity index (χ4n) is 8.98. The quantitative estimate of drug-likeness (QED) is 0.167. The van der Waals surface area contributed by atoms with Gasteiger partial charge in [0.2, 0.25) is 0 Å². The van der Waals surface area contributed by atoms with Gasteiger partial charge in [0.1, 0.15) is 5.82 Å². The van der Waals surface area contributed by atoms with Crippen LogP contribution in [0, 0.1) is 17.7 Å². The topological polar surface area (TPSA) is 0 Å². The number of fused-ring (bicyclic) bond motifs is 7. The minimum Gasteiger partial charge on any atom is -0.206 e. The Balaban J connectivity index is 1.15. The average Bonchev–Trinajstić information content (AvgIpc) is 3.53. The SMILES string of the molecule is CC1(c2ccc3c(c2)sc2ccc(-c4c5ccccc5c(F)c5ccccc45)cc23)c2ccccc2C([C@H]2C=CC=CC2)=C2C=CC=CC21.